The summed E-state index contributed by atoms with van der Waals surface area (Å²) in [5, 5.41) is 14.0. The molecule has 0 saturated carbocycles. The van der Waals surface area contributed by atoms with E-state index in [4.69, 9.17) is 12.2 Å². The van der Waals surface area contributed by atoms with E-state index >= 15 is 0 Å². The number of aromatic hydroxyl groups is 1. The second-order valence-electron chi connectivity index (χ2n) is 8.51. The van der Waals surface area contributed by atoms with E-state index in [0.717, 1.165) is 28.5 Å². The van der Waals surface area contributed by atoms with Gasteiger partial charge in [0, 0.05) is 29.0 Å². The number of benzene rings is 2. The van der Waals surface area contributed by atoms with Crippen LogP contribution in [0.2, 0.25) is 0 Å². The van der Waals surface area contributed by atoms with Gasteiger partial charge in [0.05, 0.1) is 17.8 Å². The molecule has 1 aliphatic heterocycles. The van der Waals surface area contributed by atoms with Crippen molar-refractivity contribution in [3.8, 4) is 11.4 Å². The Morgan fingerprint density at radius 3 is 2.27 bits per heavy atom. The maximum absolute atomic E-state index is 9.83. The number of nitrogens with one attached hydrogen (secondary N) is 1. The van der Waals surface area contributed by atoms with Crippen molar-refractivity contribution in [2.24, 2.45) is 0 Å². The fourth-order valence-electron chi connectivity index (χ4n) is 4.74. The number of nitrogens with zero attached hydrogens (tertiary/aromatic N) is 3. The van der Waals surface area contributed by atoms with Gasteiger partial charge in [-0.1, -0.05) is 23.8 Å². The van der Waals surface area contributed by atoms with Gasteiger partial charge in [-0.2, -0.15) is 0 Å². The summed E-state index contributed by atoms with van der Waals surface area (Å²) in [5.41, 5.74) is 7.75. The van der Waals surface area contributed by atoms with Crippen LogP contribution in [0.5, 0.6) is 5.75 Å². The number of aryl methyl sites for hydroxylation is 2. The summed E-state index contributed by atoms with van der Waals surface area (Å²) in [6, 6.07) is 23.8. The first kappa shape index (κ1) is 21.2. The van der Waals surface area contributed by atoms with Gasteiger partial charge in [-0.3, -0.25) is 4.98 Å². The van der Waals surface area contributed by atoms with E-state index in [-0.39, 0.29) is 17.8 Å². The Hall–Kier alpha value is -3.64. The lowest BCUT2D eigenvalue weighted by Crippen LogP contribution is -2.29. The maximum Gasteiger partial charge on any atom is 0.174 e. The lowest BCUT2D eigenvalue weighted by molar-refractivity contribution is 0.475. The van der Waals surface area contributed by atoms with Crippen molar-refractivity contribution >= 4 is 23.0 Å². The SMILES string of the molecule is Cc1ccc(-n2c(C)cc([C@@H]3[C@@H](c4ccccn4)NC(=S)N3c3ccc(O)cc3)c2C)cc1. The van der Waals surface area contributed by atoms with Crippen LogP contribution in [0.25, 0.3) is 5.69 Å². The highest BCUT2D eigenvalue weighted by atomic mass is 32.1. The van der Waals surface area contributed by atoms with Gasteiger partial charge >= 0.3 is 0 Å². The molecule has 2 aromatic carbocycles. The van der Waals surface area contributed by atoms with Gasteiger partial charge in [-0.15, -0.1) is 0 Å². The molecule has 2 aromatic heterocycles. The van der Waals surface area contributed by atoms with E-state index in [1.54, 1.807) is 12.1 Å². The van der Waals surface area contributed by atoms with E-state index in [1.165, 1.54) is 11.1 Å². The molecule has 2 atom stereocenters. The highest BCUT2D eigenvalue weighted by Gasteiger charge is 2.42. The Morgan fingerprint density at radius 1 is 0.909 bits per heavy atom. The first-order chi connectivity index (χ1) is 15.9. The number of phenols is 1. The third-order valence-corrected chi connectivity index (χ3v) is 6.62. The number of thiocarbonyl (C=S) groups is 1. The average molecular weight is 455 g/mol. The first-order valence-electron chi connectivity index (χ1n) is 11.0. The lowest BCUT2D eigenvalue weighted by atomic mass is 9.96. The van der Waals surface area contributed by atoms with Crippen molar-refractivity contribution in [3.05, 3.63) is 107 Å². The Morgan fingerprint density at radius 2 is 1.61 bits per heavy atom. The summed E-state index contributed by atoms with van der Waals surface area (Å²) in [7, 11) is 0. The summed E-state index contributed by atoms with van der Waals surface area (Å²) < 4.78 is 2.29. The largest absolute Gasteiger partial charge is 0.508 e. The van der Waals surface area contributed by atoms with Crippen molar-refractivity contribution in [1.82, 2.24) is 14.9 Å². The van der Waals surface area contributed by atoms with Crippen LogP contribution in [0.15, 0.2) is 79.0 Å². The fourth-order valence-corrected chi connectivity index (χ4v) is 5.09. The molecule has 0 spiro atoms. The molecular weight excluding hydrogens is 428 g/mol. The second kappa shape index (κ2) is 8.37. The van der Waals surface area contributed by atoms with Crippen molar-refractivity contribution in [3.63, 3.8) is 0 Å². The minimum atomic E-state index is -0.112. The van der Waals surface area contributed by atoms with Crippen LogP contribution in [0, 0.1) is 20.8 Å². The van der Waals surface area contributed by atoms with Crippen LogP contribution in [-0.4, -0.2) is 19.8 Å². The first-order valence-corrected chi connectivity index (χ1v) is 11.4. The van der Waals surface area contributed by atoms with E-state index in [9.17, 15) is 5.11 Å². The zero-order valence-electron chi connectivity index (χ0n) is 18.9. The van der Waals surface area contributed by atoms with Crippen LogP contribution >= 0.6 is 12.2 Å². The number of hydrogen-bond acceptors (Lipinski definition) is 3. The van der Waals surface area contributed by atoms with E-state index in [1.807, 2.05) is 36.5 Å². The molecule has 1 saturated heterocycles. The summed E-state index contributed by atoms with van der Waals surface area (Å²) >= 11 is 5.82. The molecule has 0 bridgehead atoms. The number of rotatable bonds is 4. The predicted molar refractivity (Wildman–Crippen MR) is 136 cm³/mol. The Balaban J connectivity index is 1.67. The number of pyridine rings is 1. The zero-order chi connectivity index (χ0) is 23.1. The highest BCUT2D eigenvalue weighted by molar-refractivity contribution is 7.80. The van der Waals surface area contributed by atoms with Gasteiger partial charge < -0.3 is 19.9 Å². The quantitative estimate of drug-likeness (QED) is 0.389. The number of aromatic nitrogens is 2. The van der Waals surface area contributed by atoms with Gasteiger partial charge in [0.1, 0.15) is 5.75 Å². The van der Waals surface area contributed by atoms with Gasteiger partial charge in [-0.25, -0.2) is 0 Å². The van der Waals surface area contributed by atoms with Gasteiger partial charge in [-0.05, 0) is 93.1 Å². The van der Waals surface area contributed by atoms with Crippen molar-refractivity contribution < 1.29 is 5.11 Å². The molecular formula is C27H26N4OS. The third-order valence-electron chi connectivity index (χ3n) is 6.31. The Labute approximate surface area is 199 Å². The highest BCUT2D eigenvalue weighted by Crippen LogP contribution is 2.43. The zero-order valence-corrected chi connectivity index (χ0v) is 19.7. The minimum Gasteiger partial charge on any atom is -0.508 e. The van der Waals surface area contributed by atoms with Crippen molar-refractivity contribution in [1.29, 1.82) is 0 Å². The molecule has 2 N–H and O–H groups in total. The van der Waals surface area contributed by atoms with E-state index in [0.29, 0.717) is 5.11 Å². The molecule has 5 rings (SSSR count). The standard InChI is InChI=1S/C27H26N4OS/c1-17-7-9-20(10-8-17)30-18(2)16-23(19(30)3)26-25(24-6-4-5-15-28-24)29-27(33)31(26)21-11-13-22(32)14-12-21/h4-16,25-26,32H,1-3H3,(H,29,33)/t25-,26-/m1/s1. The maximum atomic E-state index is 9.83. The van der Waals surface area contributed by atoms with Gasteiger partial charge in [0.2, 0.25) is 0 Å². The van der Waals surface area contributed by atoms with Crippen LogP contribution < -0.4 is 10.2 Å². The van der Waals surface area contributed by atoms with Crippen LogP contribution in [0.1, 0.15) is 40.3 Å². The summed E-state index contributed by atoms with van der Waals surface area (Å²) in [5.74, 6) is 0.229. The normalized spacial score (nSPS) is 17.9. The molecule has 3 heterocycles. The van der Waals surface area contributed by atoms with Crippen molar-refractivity contribution in [2.75, 3.05) is 4.90 Å². The molecule has 0 amide bonds. The third kappa shape index (κ3) is 3.76. The topological polar surface area (TPSA) is 53.3 Å². The van der Waals surface area contributed by atoms with Gasteiger partial charge in [0.15, 0.2) is 5.11 Å². The molecule has 1 fully saturated rings. The smallest absolute Gasteiger partial charge is 0.174 e. The van der Waals surface area contributed by atoms with E-state index in [2.05, 4.69) is 70.9 Å². The minimum absolute atomic E-state index is 0.0951. The Bertz CT molecular complexity index is 1300. The second-order valence-corrected chi connectivity index (χ2v) is 8.90. The summed E-state index contributed by atoms with van der Waals surface area (Å²) in [4.78, 5) is 6.78. The molecule has 5 nitrogen and oxygen atoms in total. The van der Waals surface area contributed by atoms with Gasteiger partial charge in [0.25, 0.3) is 0 Å². The summed E-state index contributed by atoms with van der Waals surface area (Å²) in [6.07, 6.45) is 1.82. The molecule has 166 valence electrons. The number of phenolic OH excluding ortho intramolecular Hbond substituents is 1. The molecule has 0 radical (unpaired) electrons. The molecule has 1 aliphatic rings. The molecule has 6 heteroatoms. The van der Waals surface area contributed by atoms with Crippen LogP contribution in [0.3, 0.4) is 0 Å². The monoisotopic (exact) mass is 454 g/mol. The number of anilines is 1. The summed E-state index contributed by atoms with van der Waals surface area (Å²) in [6.45, 7) is 6.40. The molecule has 4 aromatic rings. The van der Waals surface area contributed by atoms with Crippen molar-refractivity contribution in [2.45, 2.75) is 32.9 Å². The Kier molecular flexibility index (Phi) is 5.38. The molecule has 0 aliphatic carbocycles. The van der Waals surface area contributed by atoms with E-state index < -0.39 is 0 Å². The lowest BCUT2D eigenvalue weighted by Gasteiger charge is -2.28. The molecule has 33 heavy (non-hydrogen) atoms. The average Bonchev–Trinajstić information content (AvgIpc) is 3.31. The number of hydrogen-bond donors (Lipinski definition) is 2. The van der Waals surface area contributed by atoms with Crippen LogP contribution in [0.4, 0.5) is 5.69 Å². The fraction of sp³-hybridized carbons (Fsp3) is 0.185. The van der Waals surface area contributed by atoms with Crippen LogP contribution in [-0.2, 0) is 0 Å². The predicted octanol–water partition coefficient (Wildman–Crippen LogP) is 5.68. The molecule has 0 unspecified atom stereocenters.